The van der Waals surface area contributed by atoms with Gasteiger partial charge < -0.3 is 9.47 Å². The van der Waals surface area contributed by atoms with Crippen LogP contribution in [0.2, 0.25) is 0 Å². The van der Waals surface area contributed by atoms with Gasteiger partial charge in [-0.15, -0.1) is 0 Å². The van der Waals surface area contributed by atoms with Gasteiger partial charge in [0.2, 0.25) is 5.91 Å². The quantitative estimate of drug-likeness (QED) is 0.580. The molecule has 0 aliphatic carbocycles. The molecule has 0 aromatic heterocycles. The van der Waals surface area contributed by atoms with Crippen molar-refractivity contribution in [2.24, 2.45) is 5.10 Å². The molecule has 0 atom stereocenters. The van der Waals surface area contributed by atoms with Gasteiger partial charge in [-0.05, 0) is 42.8 Å². The van der Waals surface area contributed by atoms with Crippen molar-refractivity contribution in [1.29, 1.82) is 0 Å². The fourth-order valence-corrected chi connectivity index (χ4v) is 2.45. The molecule has 0 unspecified atom stereocenters. The number of methoxy groups -OCH3 is 1. The molecule has 1 N–H and O–H groups in total. The molecule has 2 aromatic carbocycles. The largest absolute Gasteiger partial charge is 0.496 e. The van der Waals surface area contributed by atoms with Gasteiger partial charge in [0.1, 0.15) is 11.5 Å². The lowest BCUT2D eigenvalue weighted by Crippen LogP contribution is -2.19. The molecule has 2 aromatic rings. The van der Waals surface area contributed by atoms with Crippen molar-refractivity contribution in [3.8, 4) is 11.5 Å². The van der Waals surface area contributed by atoms with Gasteiger partial charge in [-0.3, -0.25) is 4.79 Å². The highest BCUT2D eigenvalue weighted by Gasteiger charge is 2.04. The number of carbonyl (C=O) groups excluding carboxylic acids is 1. The normalized spacial score (nSPS) is 10.6. The first-order valence-corrected chi connectivity index (χ1v) is 8.29. The molecule has 126 valence electrons. The van der Waals surface area contributed by atoms with Gasteiger partial charge in [-0.1, -0.05) is 28.1 Å². The predicted molar refractivity (Wildman–Crippen MR) is 97.7 cm³/mol. The van der Waals surface area contributed by atoms with Crippen LogP contribution in [-0.2, 0) is 11.2 Å². The van der Waals surface area contributed by atoms with E-state index in [-0.39, 0.29) is 12.3 Å². The number of hydrazone groups is 1. The summed E-state index contributed by atoms with van der Waals surface area (Å²) in [5.41, 5.74) is 4.18. The molecule has 6 heteroatoms. The molecule has 0 bridgehead atoms. The average Bonchev–Trinajstić information content (AvgIpc) is 2.57. The number of hydrogen-bond acceptors (Lipinski definition) is 4. The molecule has 0 saturated heterocycles. The van der Waals surface area contributed by atoms with Crippen molar-refractivity contribution in [3.63, 3.8) is 0 Å². The molecule has 0 aliphatic heterocycles. The number of halogens is 1. The Morgan fingerprint density at radius 1 is 1.25 bits per heavy atom. The standard InChI is InChI=1S/C18H19BrN2O3/c1-3-24-16-7-4-13(5-8-16)10-18(22)21-20-12-14-11-15(19)6-9-17(14)23-2/h4-9,11-12H,3,10H2,1-2H3,(H,21,22)/b20-12-. The minimum Gasteiger partial charge on any atom is -0.496 e. The summed E-state index contributed by atoms with van der Waals surface area (Å²) in [6, 6.07) is 13.0. The predicted octanol–water partition coefficient (Wildman–Crippen LogP) is 3.55. The van der Waals surface area contributed by atoms with Crippen molar-refractivity contribution in [2.45, 2.75) is 13.3 Å². The van der Waals surface area contributed by atoms with Gasteiger partial charge in [-0.2, -0.15) is 5.10 Å². The van der Waals surface area contributed by atoms with Crippen molar-refractivity contribution >= 4 is 28.1 Å². The van der Waals surface area contributed by atoms with E-state index in [9.17, 15) is 4.79 Å². The summed E-state index contributed by atoms with van der Waals surface area (Å²) in [5.74, 6) is 1.29. The van der Waals surface area contributed by atoms with Crippen molar-refractivity contribution in [3.05, 3.63) is 58.1 Å². The zero-order chi connectivity index (χ0) is 17.4. The molecule has 0 radical (unpaired) electrons. The molecule has 1 amide bonds. The SMILES string of the molecule is CCOc1ccc(CC(=O)N/N=C\c2cc(Br)ccc2OC)cc1. The van der Waals surface area contributed by atoms with Crippen LogP contribution in [0, 0.1) is 0 Å². The second-order valence-corrected chi connectivity index (χ2v) is 5.85. The van der Waals surface area contributed by atoms with Crippen LogP contribution < -0.4 is 14.9 Å². The van der Waals surface area contributed by atoms with E-state index in [1.807, 2.05) is 49.4 Å². The molecule has 0 heterocycles. The van der Waals surface area contributed by atoms with E-state index in [0.29, 0.717) is 12.4 Å². The molecule has 0 fully saturated rings. The number of amides is 1. The van der Waals surface area contributed by atoms with Crippen molar-refractivity contribution < 1.29 is 14.3 Å². The first-order valence-electron chi connectivity index (χ1n) is 7.49. The zero-order valence-electron chi connectivity index (χ0n) is 13.6. The Hall–Kier alpha value is -2.34. The van der Waals surface area contributed by atoms with E-state index in [0.717, 1.165) is 21.3 Å². The summed E-state index contributed by atoms with van der Waals surface area (Å²) in [4.78, 5) is 11.9. The molecule has 0 aliphatic rings. The maximum atomic E-state index is 11.9. The topological polar surface area (TPSA) is 59.9 Å². The number of nitrogens with zero attached hydrogens (tertiary/aromatic N) is 1. The van der Waals surface area contributed by atoms with Gasteiger partial charge in [0, 0.05) is 10.0 Å². The lowest BCUT2D eigenvalue weighted by Gasteiger charge is -2.05. The van der Waals surface area contributed by atoms with Gasteiger partial charge >= 0.3 is 0 Å². The van der Waals surface area contributed by atoms with Crippen LogP contribution >= 0.6 is 15.9 Å². The van der Waals surface area contributed by atoms with E-state index in [1.165, 1.54) is 0 Å². The smallest absolute Gasteiger partial charge is 0.244 e. The van der Waals surface area contributed by atoms with E-state index in [1.54, 1.807) is 13.3 Å². The lowest BCUT2D eigenvalue weighted by molar-refractivity contribution is -0.120. The van der Waals surface area contributed by atoms with E-state index in [2.05, 4.69) is 26.5 Å². The number of benzene rings is 2. The summed E-state index contributed by atoms with van der Waals surface area (Å²) in [6.07, 6.45) is 1.80. The maximum Gasteiger partial charge on any atom is 0.244 e. The molecule has 5 nitrogen and oxygen atoms in total. The van der Waals surface area contributed by atoms with Gasteiger partial charge in [-0.25, -0.2) is 5.43 Å². The Morgan fingerprint density at radius 3 is 2.67 bits per heavy atom. The van der Waals surface area contributed by atoms with Gasteiger partial charge in [0.15, 0.2) is 0 Å². The van der Waals surface area contributed by atoms with Crippen molar-refractivity contribution in [1.82, 2.24) is 5.43 Å². The third-order valence-electron chi connectivity index (χ3n) is 3.18. The van der Waals surface area contributed by atoms with E-state index in [4.69, 9.17) is 9.47 Å². The first-order chi connectivity index (χ1) is 11.6. The second kappa shape index (κ2) is 9.08. The van der Waals surface area contributed by atoms with Crippen LogP contribution in [0.25, 0.3) is 0 Å². The summed E-state index contributed by atoms with van der Waals surface area (Å²) in [6.45, 7) is 2.55. The van der Waals surface area contributed by atoms with Crippen LogP contribution in [0.1, 0.15) is 18.1 Å². The second-order valence-electron chi connectivity index (χ2n) is 4.93. The Morgan fingerprint density at radius 2 is 2.00 bits per heavy atom. The Kier molecular flexibility index (Phi) is 6.81. The summed E-state index contributed by atoms with van der Waals surface area (Å²) in [5, 5.41) is 3.98. The average molecular weight is 391 g/mol. The summed E-state index contributed by atoms with van der Waals surface area (Å²) in [7, 11) is 1.59. The Bertz CT molecular complexity index is 715. The number of ether oxygens (including phenoxy) is 2. The highest BCUT2D eigenvalue weighted by Crippen LogP contribution is 2.21. The molecule has 2 rings (SSSR count). The monoisotopic (exact) mass is 390 g/mol. The molecule has 24 heavy (non-hydrogen) atoms. The molecular formula is C18H19BrN2O3. The zero-order valence-corrected chi connectivity index (χ0v) is 15.2. The van der Waals surface area contributed by atoms with Crippen LogP contribution in [0.5, 0.6) is 11.5 Å². The number of hydrogen-bond donors (Lipinski definition) is 1. The van der Waals surface area contributed by atoms with E-state index >= 15 is 0 Å². The fourth-order valence-electron chi connectivity index (χ4n) is 2.08. The van der Waals surface area contributed by atoms with E-state index < -0.39 is 0 Å². The van der Waals surface area contributed by atoms with Crippen molar-refractivity contribution in [2.75, 3.05) is 13.7 Å². The number of nitrogens with one attached hydrogen (secondary N) is 1. The maximum absolute atomic E-state index is 11.9. The van der Waals surface area contributed by atoms with Crippen LogP contribution in [-0.4, -0.2) is 25.8 Å². The number of carbonyl (C=O) groups is 1. The summed E-state index contributed by atoms with van der Waals surface area (Å²) < 4.78 is 11.5. The van der Waals surface area contributed by atoms with Crippen LogP contribution in [0.3, 0.4) is 0 Å². The molecule has 0 saturated carbocycles. The third kappa shape index (κ3) is 5.38. The molecule has 0 spiro atoms. The van der Waals surface area contributed by atoms with Gasteiger partial charge in [0.25, 0.3) is 0 Å². The lowest BCUT2D eigenvalue weighted by atomic mass is 10.1. The third-order valence-corrected chi connectivity index (χ3v) is 3.68. The van der Waals surface area contributed by atoms with Crippen LogP contribution in [0.15, 0.2) is 52.0 Å². The Labute approximate surface area is 149 Å². The molecular weight excluding hydrogens is 372 g/mol. The van der Waals surface area contributed by atoms with Crippen LogP contribution in [0.4, 0.5) is 0 Å². The summed E-state index contributed by atoms with van der Waals surface area (Å²) >= 11 is 3.39. The minimum absolute atomic E-state index is 0.190. The Balaban J connectivity index is 1.92. The minimum atomic E-state index is -0.190. The number of rotatable bonds is 7. The highest BCUT2D eigenvalue weighted by molar-refractivity contribution is 9.10. The first kappa shape index (κ1) is 18.0. The fraction of sp³-hybridized carbons (Fsp3) is 0.222. The highest BCUT2D eigenvalue weighted by atomic mass is 79.9. The van der Waals surface area contributed by atoms with Gasteiger partial charge in [0.05, 0.1) is 26.4 Å².